The molecule has 0 bridgehead atoms. The molecular weight excluding hydrogens is 568 g/mol. The Morgan fingerprint density at radius 2 is 1.55 bits per heavy atom. The van der Waals surface area contributed by atoms with E-state index in [9.17, 15) is 28.8 Å². The molecule has 5 atom stereocenters. The van der Waals surface area contributed by atoms with Crippen LogP contribution in [-0.2, 0) is 35.2 Å². The van der Waals surface area contributed by atoms with E-state index in [0.717, 1.165) is 5.56 Å². The number of likely N-dealkylation sites (tertiary alicyclic amines) is 1. The predicted octanol–water partition coefficient (Wildman–Crippen LogP) is -1.59. The van der Waals surface area contributed by atoms with Crippen molar-refractivity contribution >= 4 is 35.4 Å². The summed E-state index contributed by atoms with van der Waals surface area (Å²) in [6.07, 6.45) is 2.46. The van der Waals surface area contributed by atoms with Crippen LogP contribution in [0.4, 0.5) is 0 Å². The smallest absolute Gasteiger partial charge is 0.245 e. The molecule has 0 aromatic heterocycles. The van der Waals surface area contributed by atoms with Gasteiger partial charge in [-0.2, -0.15) is 0 Å². The number of rotatable bonds is 17. The zero-order valence-electron chi connectivity index (χ0n) is 25.8. The fourth-order valence-electron chi connectivity index (χ4n) is 5.10. The number of unbranched alkanes of at least 4 members (excludes halogenated alkanes) is 1. The van der Waals surface area contributed by atoms with E-state index < -0.39 is 65.7 Å². The Labute approximate surface area is 258 Å². The van der Waals surface area contributed by atoms with Crippen molar-refractivity contribution in [1.82, 2.24) is 26.2 Å². The van der Waals surface area contributed by atoms with Gasteiger partial charge in [-0.1, -0.05) is 44.2 Å². The quantitative estimate of drug-likeness (QED) is 0.101. The molecule has 6 amide bonds. The molecule has 1 fully saturated rings. The lowest BCUT2D eigenvalue weighted by molar-refractivity contribution is -0.141. The van der Waals surface area contributed by atoms with Crippen molar-refractivity contribution in [3.05, 3.63) is 35.9 Å². The van der Waals surface area contributed by atoms with E-state index in [1.54, 1.807) is 26.0 Å². The predicted molar refractivity (Wildman–Crippen MR) is 164 cm³/mol. The summed E-state index contributed by atoms with van der Waals surface area (Å²) in [4.78, 5) is 78.6. The molecule has 2 rings (SSSR count). The van der Waals surface area contributed by atoms with Gasteiger partial charge in [0, 0.05) is 13.0 Å². The van der Waals surface area contributed by atoms with Crippen LogP contribution in [0.25, 0.3) is 0 Å². The van der Waals surface area contributed by atoms with Crippen LogP contribution in [0.3, 0.4) is 0 Å². The largest absolute Gasteiger partial charge is 0.368 e. The second-order valence-corrected chi connectivity index (χ2v) is 11.4. The SMILES string of the molecule is CC(NC(=O)CN)C(=O)N1CCCC1C(=O)NC(CCCCN)C(=O)NC(Cc1ccccc1)C(=O)NC(C(N)=O)C(C)C. The van der Waals surface area contributed by atoms with Gasteiger partial charge in [0.1, 0.15) is 30.2 Å². The second kappa shape index (κ2) is 17.9. The number of nitrogens with two attached hydrogens (primary N) is 3. The van der Waals surface area contributed by atoms with Crippen molar-refractivity contribution in [2.24, 2.45) is 23.1 Å². The van der Waals surface area contributed by atoms with Crippen LogP contribution in [0.15, 0.2) is 30.3 Å². The fourth-order valence-corrected chi connectivity index (χ4v) is 5.10. The van der Waals surface area contributed by atoms with Gasteiger partial charge in [0.05, 0.1) is 6.54 Å². The maximum absolute atomic E-state index is 13.7. The molecule has 14 heteroatoms. The molecule has 44 heavy (non-hydrogen) atoms. The highest BCUT2D eigenvalue weighted by atomic mass is 16.2. The third-order valence-corrected chi connectivity index (χ3v) is 7.54. The Morgan fingerprint density at radius 1 is 0.886 bits per heavy atom. The number of primary amides is 1. The van der Waals surface area contributed by atoms with Gasteiger partial charge < -0.3 is 43.4 Å². The first-order valence-corrected chi connectivity index (χ1v) is 15.1. The third-order valence-electron chi connectivity index (χ3n) is 7.54. The lowest BCUT2D eigenvalue weighted by Crippen LogP contribution is -2.59. The maximum atomic E-state index is 13.7. The molecule has 10 N–H and O–H groups in total. The van der Waals surface area contributed by atoms with Crippen molar-refractivity contribution in [2.75, 3.05) is 19.6 Å². The summed E-state index contributed by atoms with van der Waals surface area (Å²) in [5.41, 5.74) is 17.3. The van der Waals surface area contributed by atoms with Gasteiger partial charge in [0.15, 0.2) is 0 Å². The van der Waals surface area contributed by atoms with Gasteiger partial charge in [-0.25, -0.2) is 0 Å². The van der Waals surface area contributed by atoms with E-state index in [2.05, 4.69) is 21.3 Å². The van der Waals surface area contributed by atoms with Gasteiger partial charge in [0.2, 0.25) is 35.4 Å². The minimum absolute atomic E-state index is 0.128. The normalized spacial score (nSPS) is 17.2. The first-order valence-electron chi connectivity index (χ1n) is 15.1. The van der Waals surface area contributed by atoms with Gasteiger partial charge in [-0.15, -0.1) is 0 Å². The first kappa shape index (κ1) is 36.2. The van der Waals surface area contributed by atoms with E-state index in [0.29, 0.717) is 38.8 Å². The van der Waals surface area contributed by atoms with Crippen molar-refractivity contribution in [2.45, 2.75) is 89.5 Å². The topological polar surface area (TPSA) is 232 Å². The number of carbonyl (C=O) groups excluding carboxylic acids is 6. The Bertz CT molecular complexity index is 1150. The van der Waals surface area contributed by atoms with E-state index in [-0.39, 0.29) is 25.3 Å². The Balaban J connectivity index is 2.24. The maximum Gasteiger partial charge on any atom is 0.245 e. The molecule has 5 unspecified atom stereocenters. The molecule has 0 radical (unpaired) electrons. The van der Waals surface area contributed by atoms with Gasteiger partial charge in [0.25, 0.3) is 0 Å². The Kier molecular flexibility index (Phi) is 14.7. The van der Waals surface area contributed by atoms with Crippen LogP contribution in [0.2, 0.25) is 0 Å². The molecule has 1 aromatic rings. The monoisotopic (exact) mass is 616 g/mol. The van der Waals surface area contributed by atoms with Crippen molar-refractivity contribution in [3.63, 3.8) is 0 Å². The number of hydrogen-bond donors (Lipinski definition) is 7. The van der Waals surface area contributed by atoms with E-state index in [1.807, 2.05) is 18.2 Å². The van der Waals surface area contributed by atoms with Crippen LogP contribution in [-0.4, -0.2) is 90.2 Å². The summed E-state index contributed by atoms with van der Waals surface area (Å²) in [5.74, 6) is -3.60. The average Bonchev–Trinajstić information content (AvgIpc) is 3.48. The molecule has 1 aromatic carbocycles. The number of carbonyl (C=O) groups is 6. The lowest BCUT2D eigenvalue weighted by Gasteiger charge is -2.29. The first-order chi connectivity index (χ1) is 20.9. The minimum atomic E-state index is -1.07. The molecule has 0 saturated carbocycles. The summed E-state index contributed by atoms with van der Waals surface area (Å²) in [6, 6.07) is 4.30. The number of nitrogens with one attached hydrogen (secondary N) is 4. The highest BCUT2D eigenvalue weighted by Crippen LogP contribution is 2.19. The Hall–Kier alpha value is -4.04. The molecule has 1 heterocycles. The number of benzene rings is 1. The van der Waals surface area contributed by atoms with Crippen LogP contribution in [0, 0.1) is 5.92 Å². The van der Waals surface area contributed by atoms with E-state index in [4.69, 9.17) is 17.2 Å². The van der Waals surface area contributed by atoms with Crippen LogP contribution in [0.5, 0.6) is 0 Å². The zero-order valence-corrected chi connectivity index (χ0v) is 25.8. The molecule has 14 nitrogen and oxygen atoms in total. The molecular formula is C30H48N8O6. The van der Waals surface area contributed by atoms with E-state index >= 15 is 0 Å². The molecule has 0 aliphatic carbocycles. The summed E-state index contributed by atoms with van der Waals surface area (Å²) in [7, 11) is 0. The van der Waals surface area contributed by atoms with Crippen LogP contribution in [0.1, 0.15) is 58.4 Å². The number of nitrogens with zero attached hydrogens (tertiary/aromatic N) is 1. The summed E-state index contributed by atoms with van der Waals surface area (Å²) in [6.45, 7) is 5.44. The van der Waals surface area contributed by atoms with Crippen LogP contribution >= 0.6 is 0 Å². The third kappa shape index (κ3) is 10.9. The zero-order chi connectivity index (χ0) is 32.8. The minimum Gasteiger partial charge on any atom is -0.368 e. The molecule has 244 valence electrons. The summed E-state index contributed by atoms with van der Waals surface area (Å²) in [5, 5.41) is 10.7. The standard InChI is InChI=1S/C30H48N8O6/c1-18(2)25(26(33)40)37-28(42)22(16-20-10-5-4-6-11-20)36-27(41)21(12-7-8-14-31)35-29(43)23-13-9-15-38(23)30(44)19(3)34-24(39)17-32/h4-6,10-11,18-19,21-23,25H,7-9,12-17,31-32H2,1-3H3,(H2,33,40)(H,34,39)(H,35,43)(H,36,41)(H,37,42). The number of amides is 6. The van der Waals surface area contributed by atoms with Crippen molar-refractivity contribution in [3.8, 4) is 0 Å². The van der Waals surface area contributed by atoms with Gasteiger partial charge in [-0.3, -0.25) is 28.8 Å². The van der Waals surface area contributed by atoms with Gasteiger partial charge >= 0.3 is 0 Å². The lowest BCUT2D eigenvalue weighted by atomic mass is 10.0. The van der Waals surface area contributed by atoms with Crippen molar-refractivity contribution < 1.29 is 28.8 Å². The fraction of sp³-hybridized carbons (Fsp3) is 0.600. The molecule has 1 saturated heterocycles. The summed E-state index contributed by atoms with van der Waals surface area (Å²) < 4.78 is 0. The van der Waals surface area contributed by atoms with E-state index in [1.165, 1.54) is 11.8 Å². The highest BCUT2D eigenvalue weighted by Gasteiger charge is 2.38. The number of hydrogen-bond acceptors (Lipinski definition) is 8. The molecule has 0 spiro atoms. The second-order valence-electron chi connectivity index (χ2n) is 11.4. The summed E-state index contributed by atoms with van der Waals surface area (Å²) >= 11 is 0. The molecule has 1 aliphatic heterocycles. The van der Waals surface area contributed by atoms with Crippen molar-refractivity contribution in [1.29, 1.82) is 0 Å². The molecule has 1 aliphatic rings. The van der Waals surface area contributed by atoms with Gasteiger partial charge in [-0.05, 0) is 57.1 Å². The average molecular weight is 617 g/mol. The Morgan fingerprint density at radius 3 is 2.14 bits per heavy atom. The highest BCUT2D eigenvalue weighted by molar-refractivity contribution is 5.96. The van der Waals surface area contributed by atoms with Crippen LogP contribution < -0.4 is 38.5 Å².